The molecule has 0 aromatic heterocycles. The van der Waals surface area contributed by atoms with E-state index in [2.05, 4.69) is 26.1 Å². The van der Waals surface area contributed by atoms with Gasteiger partial charge in [0.2, 0.25) is 0 Å². The second kappa shape index (κ2) is 4.36. The molecule has 3 N–H and O–H groups in total. The highest BCUT2D eigenvalue weighted by Gasteiger charge is 2.16. The Labute approximate surface area is 86.5 Å². The standard InChI is InChI=1S/C12H20N2/c1-4-9-12(2,3)14-11-8-6-5-7-10(11)13/h5-8,14H,4,9,13H2,1-3H3. The lowest BCUT2D eigenvalue weighted by Gasteiger charge is -2.27. The van der Waals surface area contributed by atoms with E-state index in [0.717, 1.165) is 17.8 Å². The van der Waals surface area contributed by atoms with Gasteiger partial charge in [0, 0.05) is 5.54 Å². The maximum absolute atomic E-state index is 5.86. The van der Waals surface area contributed by atoms with Crippen molar-refractivity contribution in [3.05, 3.63) is 24.3 Å². The summed E-state index contributed by atoms with van der Waals surface area (Å²) in [5.41, 5.74) is 7.83. The molecule has 14 heavy (non-hydrogen) atoms. The fourth-order valence-corrected chi connectivity index (χ4v) is 1.66. The number of nitrogens with two attached hydrogens (primary N) is 1. The third kappa shape index (κ3) is 2.95. The van der Waals surface area contributed by atoms with Crippen LogP contribution in [0.4, 0.5) is 11.4 Å². The Morgan fingerprint density at radius 3 is 2.50 bits per heavy atom. The van der Waals surface area contributed by atoms with E-state index in [4.69, 9.17) is 5.73 Å². The minimum Gasteiger partial charge on any atom is -0.397 e. The summed E-state index contributed by atoms with van der Waals surface area (Å²) in [7, 11) is 0. The number of para-hydroxylation sites is 2. The third-order valence-corrected chi connectivity index (χ3v) is 2.31. The molecule has 0 spiro atoms. The van der Waals surface area contributed by atoms with Gasteiger partial charge in [0.1, 0.15) is 0 Å². The van der Waals surface area contributed by atoms with Crippen molar-refractivity contribution in [1.82, 2.24) is 0 Å². The lowest BCUT2D eigenvalue weighted by atomic mass is 9.98. The molecular formula is C12H20N2. The van der Waals surface area contributed by atoms with Crippen LogP contribution >= 0.6 is 0 Å². The molecule has 1 rings (SSSR count). The Bertz CT molecular complexity index is 292. The van der Waals surface area contributed by atoms with Crippen LogP contribution in [0.15, 0.2) is 24.3 Å². The quantitative estimate of drug-likeness (QED) is 0.719. The summed E-state index contributed by atoms with van der Waals surface area (Å²) in [6, 6.07) is 7.89. The predicted molar refractivity (Wildman–Crippen MR) is 63.5 cm³/mol. The van der Waals surface area contributed by atoms with Gasteiger partial charge in [-0.05, 0) is 32.4 Å². The Kier molecular flexibility index (Phi) is 3.39. The summed E-state index contributed by atoms with van der Waals surface area (Å²) in [4.78, 5) is 0. The third-order valence-electron chi connectivity index (χ3n) is 2.31. The summed E-state index contributed by atoms with van der Waals surface area (Å²) >= 11 is 0. The summed E-state index contributed by atoms with van der Waals surface area (Å²) in [5.74, 6) is 0. The molecule has 1 aromatic carbocycles. The average molecular weight is 192 g/mol. The van der Waals surface area contributed by atoms with Gasteiger partial charge in [-0.25, -0.2) is 0 Å². The summed E-state index contributed by atoms with van der Waals surface area (Å²) in [5, 5.41) is 3.46. The van der Waals surface area contributed by atoms with Crippen LogP contribution in [-0.2, 0) is 0 Å². The van der Waals surface area contributed by atoms with E-state index >= 15 is 0 Å². The van der Waals surface area contributed by atoms with Gasteiger partial charge in [-0.1, -0.05) is 25.5 Å². The first-order valence-corrected chi connectivity index (χ1v) is 5.18. The fraction of sp³-hybridized carbons (Fsp3) is 0.500. The van der Waals surface area contributed by atoms with Gasteiger partial charge in [-0.15, -0.1) is 0 Å². The molecule has 0 aliphatic carbocycles. The van der Waals surface area contributed by atoms with Crippen LogP contribution in [-0.4, -0.2) is 5.54 Å². The number of nitrogen functional groups attached to an aromatic ring is 1. The van der Waals surface area contributed by atoms with Crippen LogP contribution in [0.3, 0.4) is 0 Å². The van der Waals surface area contributed by atoms with E-state index < -0.39 is 0 Å². The van der Waals surface area contributed by atoms with Crippen molar-refractivity contribution in [2.24, 2.45) is 0 Å². The number of hydrogen-bond acceptors (Lipinski definition) is 2. The molecular weight excluding hydrogens is 172 g/mol. The zero-order valence-electron chi connectivity index (χ0n) is 9.30. The van der Waals surface area contributed by atoms with Crippen molar-refractivity contribution >= 4 is 11.4 Å². The van der Waals surface area contributed by atoms with E-state index in [0.29, 0.717) is 0 Å². The second-order valence-corrected chi connectivity index (χ2v) is 4.35. The van der Waals surface area contributed by atoms with Gasteiger partial charge in [0.15, 0.2) is 0 Å². The van der Waals surface area contributed by atoms with E-state index in [-0.39, 0.29) is 5.54 Å². The number of nitrogens with one attached hydrogen (secondary N) is 1. The van der Waals surface area contributed by atoms with Gasteiger partial charge >= 0.3 is 0 Å². The summed E-state index contributed by atoms with van der Waals surface area (Å²) < 4.78 is 0. The number of hydrogen-bond donors (Lipinski definition) is 2. The van der Waals surface area contributed by atoms with E-state index in [9.17, 15) is 0 Å². The number of benzene rings is 1. The molecule has 0 fully saturated rings. The largest absolute Gasteiger partial charge is 0.397 e. The predicted octanol–water partition coefficient (Wildman–Crippen LogP) is 3.26. The normalized spacial score (nSPS) is 11.4. The van der Waals surface area contributed by atoms with Crippen LogP contribution in [0.2, 0.25) is 0 Å². The van der Waals surface area contributed by atoms with Crippen LogP contribution in [0, 0.1) is 0 Å². The molecule has 0 saturated heterocycles. The Balaban J connectivity index is 2.73. The van der Waals surface area contributed by atoms with E-state index in [1.807, 2.05) is 24.3 Å². The maximum Gasteiger partial charge on any atom is 0.0577 e. The molecule has 0 aliphatic rings. The Morgan fingerprint density at radius 1 is 1.29 bits per heavy atom. The van der Waals surface area contributed by atoms with Crippen LogP contribution in [0.25, 0.3) is 0 Å². The van der Waals surface area contributed by atoms with Crippen molar-refractivity contribution in [2.75, 3.05) is 11.1 Å². The van der Waals surface area contributed by atoms with Gasteiger partial charge in [-0.2, -0.15) is 0 Å². The molecule has 0 radical (unpaired) electrons. The first-order chi connectivity index (χ1) is 6.55. The zero-order chi connectivity index (χ0) is 10.6. The monoisotopic (exact) mass is 192 g/mol. The maximum atomic E-state index is 5.86. The fourth-order valence-electron chi connectivity index (χ4n) is 1.66. The highest BCUT2D eigenvalue weighted by atomic mass is 15.0. The topological polar surface area (TPSA) is 38.0 Å². The van der Waals surface area contributed by atoms with Crippen molar-refractivity contribution in [3.8, 4) is 0 Å². The first-order valence-electron chi connectivity index (χ1n) is 5.18. The molecule has 0 aliphatic heterocycles. The molecule has 0 saturated carbocycles. The number of rotatable bonds is 4. The lowest BCUT2D eigenvalue weighted by molar-refractivity contribution is 0.511. The first kappa shape index (κ1) is 10.9. The SMILES string of the molecule is CCCC(C)(C)Nc1ccccc1N. The van der Waals surface area contributed by atoms with Crippen molar-refractivity contribution < 1.29 is 0 Å². The molecule has 78 valence electrons. The van der Waals surface area contributed by atoms with Gasteiger partial charge in [-0.3, -0.25) is 0 Å². The van der Waals surface area contributed by atoms with Gasteiger partial charge in [0.05, 0.1) is 11.4 Å². The highest BCUT2D eigenvalue weighted by Crippen LogP contribution is 2.23. The van der Waals surface area contributed by atoms with Gasteiger partial charge < -0.3 is 11.1 Å². The van der Waals surface area contributed by atoms with Crippen molar-refractivity contribution in [2.45, 2.75) is 39.2 Å². The molecule has 0 amide bonds. The zero-order valence-corrected chi connectivity index (χ0v) is 9.30. The van der Waals surface area contributed by atoms with Crippen molar-refractivity contribution in [1.29, 1.82) is 0 Å². The average Bonchev–Trinajstić information content (AvgIpc) is 2.08. The lowest BCUT2D eigenvalue weighted by Crippen LogP contribution is -2.30. The van der Waals surface area contributed by atoms with Crippen LogP contribution < -0.4 is 11.1 Å². The minimum absolute atomic E-state index is 0.115. The molecule has 1 aromatic rings. The second-order valence-electron chi connectivity index (χ2n) is 4.35. The summed E-state index contributed by atoms with van der Waals surface area (Å²) in [6.45, 7) is 6.59. The van der Waals surface area contributed by atoms with E-state index in [1.165, 1.54) is 6.42 Å². The molecule has 0 bridgehead atoms. The van der Waals surface area contributed by atoms with Crippen molar-refractivity contribution in [3.63, 3.8) is 0 Å². The molecule has 2 heteroatoms. The minimum atomic E-state index is 0.115. The number of anilines is 2. The summed E-state index contributed by atoms with van der Waals surface area (Å²) in [6.07, 6.45) is 2.31. The van der Waals surface area contributed by atoms with Gasteiger partial charge in [0.25, 0.3) is 0 Å². The molecule has 2 nitrogen and oxygen atoms in total. The highest BCUT2D eigenvalue weighted by molar-refractivity contribution is 5.66. The Morgan fingerprint density at radius 2 is 1.93 bits per heavy atom. The van der Waals surface area contributed by atoms with Crippen LogP contribution in [0.5, 0.6) is 0 Å². The smallest absolute Gasteiger partial charge is 0.0577 e. The van der Waals surface area contributed by atoms with E-state index in [1.54, 1.807) is 0 Å². The molecule has 0 atom stereocenters. The molecule has 0 unspecified atom stereocenters. The Hall–Kier alpha value is -1.18. The van der Waals surface area contributed by atoms with Crippen LogP contribution in [0.1, 0.15) is 33.6 Å². The molecule has 0 heterocycles.